The van der Waals surface area contributed by atoms with Crippen LogP contribution in [-0.4, -0.2) is 53.4 Å². The van der Waals surface area contributed by atoms with E-state index in [-0.39, 0.29) is 5.91 Å². The van der Waals surface area contributed by atoms with Crippen LogP contribution in [0.4, 0.5) is 0 Å². The van der Waals surface area contributed by atoms with E-state index in [9.17, 15) is 4.79 Å². The number of pyridine rings is 1. The Hall–Kier alpha value is -3.24. The van der Waals surface area contributed by atoms with Crippen LogP contribution in [0.2, 0.25) is 0 Å². The van der Waals surface area contributed by atoms with Crippen LogP contribution in [0.1, 0.15) is 24.1 Å². The SMILES string of the molecule is CN(C(=O)/C=C/c1cccc(-c2ccccc2)c1)C1CCN(CCc2ccccn2)CC1. The van der Waals surface area contributed by atoms with E-state index in [0.717, 1.165) is 55.7 Å². The van der Waals surface area contributed by atoms with Gasteiger partial charge in [0.05, 0.1) is 0 Å². The second-order valence-electron chi connectivity index (χ2n) is 8.42. The fraction of sp³-hybridized carbons (Fsp3) is 0.286. The summed E-state index contributed by atoms with van der Waals surface area (Å²) in [6.45, 7) is 3.08. The predicted molar refractivity (Wildman–Crippen MR) is 131 cm³/mol. The van der Waals surface area contributed by atoms with E-state index in [2.05, 4.69) is 40.2 Å². The van der Waals surface area contributed by atoms with Gasteiger partial charge in [-0.25, -0.2) is 0 Å². The molecular formula is C28H31N3O. The largest absolute Gasteiger partial charge is 0.339 e. The molecule has 4 rings (SSSR count). The van der Waals surface area contributed by atoms with Crippen LogP contribution >= 0.6 is 0 Å². The highest BCUT2D eigenvalue weighted by Crippen LogP contribution is 2.21. The second-order valence-corrected chi connectivity index (χ2v) is 8.42. The van der Waals surface area contributed by atoms with E-state index < -0.39 is 0 Å². The fourth-order valence-electron chi connectivity index (χ4n) is 4.27. The van der Waals surface area contributed by atoms with Crippen molar-refractivity contribution in [2.24, 2.45) is 0 Å². The van der Waals surface area contributed by atoms with E-state index in [0.29, 0.717) is 6.04 Å². The summed E-state index contributed by atoms with van der Waals surface area (Å²) >= 11 is 0. The summed E-state index contributed by atoms with van der Waals surface area (Å²) in [4.78, 5) is 21.6. The number of hydrogen-bond acceptors (Lipinski definition) is 3. The van der Waals surface area contributed by atoms with Gasteiger partial charge in [-0.1, -0.05) is 54.6 Å². The number of rotatable bonds is 7. The van der Waals surface area contributed by atoms with Crippen molar-refractivity contribution >= 4 is 12.0 Å². The lowest BCUT2D eigenvalue weighted by molar-refractivity contribution is -0.127. The van der Waals surface area contributed by atoms with Gasteiger partial charge >= 0.3 is 0 Å². The van der Waals surface area contributed by atoms with Crippen LogP contribution in [0.25, 0.3) is 17.2 Å². The third-order valence-corrected chi connectivity index (χ3v) is 6.27. The van der Waals surface area contributed by atoms with Crippen LogP contribution in [0.3, 0.4) is 0 Å². The summed E-state index contributed by atoms with van der Waals surface area (Å²) in [6, 6.07) is 25.0. The molecule has 0 unspecified atom stereocenters. The van der Waals surface area contributed by atoms with Gasteiger partial charge in [-0.2, -0.15) is 0 Å². The minimum absolute atomic E-state index is 0.0713. The van der Waals surface area contributed by atoms with Gasteiger partial charge in [0.2, 0.25) is 5.91 Å². The summed E-state index contributed by atoms with van der Waals surface area (Å²) in [7, 11) is 1.93. The first-order valence-electron chi connectivity index (χ1n) is 11.4. The fourth-order valence-corrected chi connectivity index (χ4v) is 4.27. The molecule has 0 bridgehead atoms. The Balaban J connectivity index is 1.27. The lowest BCUT2D eigenvalue weighted by atomic mass is 10.0. The van der Waals surface area contributed by atoms with Crippen molar-refractivity contribution in [2.45, 2.75) is 25.3 Å². The van der Waals surface area contributed by atoms with Crippen molar-refractivity contribution in [3.05, 3.63) is 96.3 Å². The molecule has 1 amide bonds. The number of nitrogens with zero attached hydrogens (tertiary/aromatic N) is 3. The van der Waals surface area contributed by atoms with Crippen molar-refractivity contribution in [1.29, 1.82) is 0 Å². The molecule has 0 aliphatic carbocycles. The number of amides is 1. The number of likely N-dealkylation sites (tertiary alicyclic amines) is 1. The molecule has 2 aromatic carbocycles. The maximum Gasteiger partial charge on any atom is 0.246 e. The Kier molecular flexibility index (Phi) is 7.47. The maximum atomic E-state index is 12.8. The van der Waals surface area contributed by atoms with E-state index in [1.54, 1.807) is 6.08 Å². The molecular weight excluding hydrogens is 394 g/mol. The van der Waals surface area contributed by atoms with Crippen molar-refractivity contribution in [3.8, 4) is 11.1 Å². The van der Waals surface area contributed by atoms with Crippen molar-refractivity contribution in [3.63, 3.8) is 0 Å². The van der Waals surface area contributed by atoms with E-state index >= 15 is 0 Å². The Morgan fingerprint density at radius 1 is 1.00 bits per heavy atom. The average Bonchev–Trinajstić information content (AvgIpc) is 2.87. The molecule has 3 aromatic rings. The number of carbonyl (C=O) groups excluding carboxylic acids is 1. The first kappa shape index (κ1) is 22.0. The number of carbonyl (C=O) groups is 1. The molecule has 1 aliphatic rings. The zero-order valence-corrected chi connectivity index (χ0v) is 18.7. The zero-order chi connectivity index (χ0) is 22.2. The smallest absolute Gasteiger partial charge is 0.246 e. The predicted octanol–water partition coefficient (Wildman–Crippen LogP) is 4.93. The highest BCUT2D eigenvalue weighted by molar-refractivity contribution is 5.92. The summed E-state index contributed by atoms with van der Waals surface area (Å²) in [6.07, 6.45) is 8.49. The molecule has 1 aliphatic heterocycles. The summed E-state index contributed by atoms with van der Waals surface area (Å²) in [5.74, 6) is 0.0713. The van der Waals surface area contributed by atoms with Crippen molar-refractivity contribution in [2.75, 3.05) is 26.7 Å². The molecule has 0 spiro atoms. The van der Waals surface area contributed by atoms with E-state index in [4.69, 9.17) is 0 Å². The summed E-state index contributed by atoms with van der Waals surface area (Å²) in [5.41, 5.74) is 4.52. The Bertz CT molecular complexity index is 1020. The lowest BCUT2D eigenvalue weighted by Crippen LogP contribution is -2.45. The molecule has 0 N–H and O–H groups in total. The van der Waals surface area contributed by atoms with E-state index in [1.807, 2.05) is 66.7 Å². The van der Waals surface area contributed by atoms with Crippen LogP contribution in [0.15, 0.2) is 85.1 Å². The lowest BCUT2D eigenvalue weighted by Gasteiger charge is -2.36. The molecule has 2 heterocycles. The number of likely N-dealkylation sites (N-methyl/N-ethyl adjacent to an activating group) is 1. The monoisotopic (exact) mass is 425 g/mol. The van der Waals surface area contributed by atoms with Crippen LogP contribution < -0.4 is 0 Å². The van der Waals surface area contributed by atoms with Crippen LogP contribution in [0.5, 0.6) is 0 Å². The number of piperidine rings is 1. The molecule has 0 atom stereocenters. The minimum atomic E-state index is 0.0713. The first-order valence-corrected chi connectivity index (χ1v) is 11.4. The van der Waals surface area contributed by atoms with E-state index in [1.165, 1.54) is 5.56 Å². The zero-order valence-electron chi connectivity index (χ0n) is 18.7. The van der Waals surface area contributed by atoms with Crippen LogP contribution in [0, 0.1) is 0 Å². The highest BCUT2D eigenvalue weighted by atomic mass is 16.2. The molecule has 0 radical (unpaired) electrons. The molecule has 1 fully saturated rings. The van der Waals surface area contributed by atoms with Crippen LogP contribution in [-0.2, 0) is 11.2 Å². The molecule has 4 heteroatoms. The minimum Gasteiger partial charge on any atom is -0.339 e. The summed E-state index contributed by atoms with van der Waals surface area (Å²) < 4.78 is 0. The second kappa shape index (κ2) is 10.9. The van der Waals surface area contributed by atoms with Gasteiger partial charge in [-0.3, -0.25) is 9.78 Å². The van der Waals surface area contributed by atoms with Gasteiger partial charge in [-0.05, 0) is 53.8 Å². The van der Waals surface area contributed by atoms with Gasteiger partial charge in [0.1, 0.15) is 0 Å². The molecule has 164 valence electrons. The first-order chi connectivity index (χ1) is 15.7. The Morgan fingerprint density at radius 3 is 2.50 bits per heavy atom. The number of hydrogen-bond donors (Lipinski definition) is 0. The standard InChI is InChI=1S/C28H31N3O/c1-30(27-16-20-31(21-17-27)19-15-26-12-5-6-18-29-26)28(32)14-13-23-8-7-11-25(22-23)24-9-3-2-4-10-24/h2-14,18,22,27H,15-17,19-21H2,1H3/b14-13+. The topological polar surface area (TPSA) is 36.4 Å². The third kappa shape index (κ3) is 5.92. The van der Waals surface area contributed by atoms with Gasteiger partial charge in [0.25, 0.3) is 0 Å². The molecule has 32 heavy (non-hydrogen) atoms. The van der Waals surface area contributed by atoms with Crippen molar-refractivity contribution in [1.82, 2.24) is 14.8 Å². The van der Waals surface area contributed by atoms with Gasteiger partial charge in [-0.15, -0.1) is 0 Å². The molecule has 1 aromatic heterocycles. The number of benzene rings is 2. The maximum absolute atomic E-state index is 12.8. The number of aromatic nitrogens is 1. The molecule has 0 saturated carbocycles. The van der Waals surface area contributed by atoms with Gasteiger partial charge < -0.3 is 9.80 Å². The Labute approximate surface area is 191 Å². The van der Waals surface area contributed by atoms with Crippen molar-refractivity contribution < 1.29 is 4.79 Å². The summed E-state index contributed by atoms with van der Waals surface area (Å²) in [5, 5.41) is 0. The molecule has 1 saturated heterocycles. The Morgan fingerprint density at radius 2 is 1.75 bits per heavy atom. The van der Waals surface area contributed by atoms with Gasteiger partial charge in [0.15, 0.2) is 0 Å². The average molecular weight is 426 g/mol. The highest BCUT2D eigenvalue weighted by Gasteiger charge is 2.24. The normalized spacial score (nSPS) is 15.2. The third-order valence-electron chi connectivity index (χ3n) is 6.27. The quantitative estimate of drug-likeness (QED) is 0.504. The molecule has 4 nitrogen and oxygen atoms in total. The van der Waals surface area contributed by atoms with Gasteiger partial charge in [0, 0.05) is 57.1 Å².